The molecule has 10 aromatic carbocycles. The van der Waals surface area contributed by atoms with Crippen molar-refractivity contribution < 1.29 is 4.42 Å². The first-order valence-electron chi connectivity index (χ1n) is 21.5. The van der Waals surface area contributed by atoms with Crippen LogP contribution < -0.4 is 4.90 Å². The molecule has 0 aliphatic rings. The molecule has 0 saturated heterocycles. The molecule has 0 atom stereocenters. The first-order valence-corrected chi connectivity index (χ1v) is 21.5. The highest BCUT2D eigenvalue weighted by atomic mass is 16.3. The van der Waals surface area contributed by atoms with Gasteiger partial charge < -0.3 is 13.9 Å². The van der Waals surface area contributed by atoms with Gasteiger partial charge in [0.25, 0.3) is 0 Å². The van der Waals surface area contributed by atoms with Crippen molar-refractivity contribution in [2.24, 2.45) is 0 Å². The van der Waals surface area contributed by atoms with Gasteiger partial charge in [0.05, 0.1) is 27.8 Å². The van der Waals surface area contributed by atoms with E-state index in [-0.39, 0.29) is 0 Å². The van der Waals surface area contributed by atoms with Crippen LogP contribution in [0.5, 0.6) is 0 Å². The zero-order chi connectivity index (χ0) is 41.7. The lowest BCUT2D eigenvalue weighted by Gasteiger charge is -2.29. The topological polar surface area (TPSA) is 21.3 Å². The van der Waals surface area contributed by atoms with E-state index < -0.39 is 0 Å². The molecule has 3 heteroatoms. The number of furan rings is 1. The summed E-state index contributed by atoms with van der Waals surface area (Å²) in [7, 11) is 0. The van der Waals surface area contributed by atoms with E-state index in [1.54, 1.807) is 0 Å². The fourth-order valence-electron chi connectivity index (χ4n) is 9.60. The Labute approximate surface area is 366 Å². The van der Waals surface area contributed by atoms with E-state index >= 15 is 0 Å². The minimum atomic E-state index is 0.855. The lowest BCUT2D eigenvalue weighted by atomic mass is 9.88. The molecular formula is C60H40N2O. The Balaban J connectivity index is 1.03. The van der Waals surface area contributed by atoms with Crippen molar-refractivity contribution >= 4 is 60.8 Å². The largest absolute Gasteiger partial charge is 0.456 e. The van der Waals surface area contributed by atoms with Crippen LogP contribution in [0.15, 0.2) is 247 Å². The van der Waals surface area contributed by atoms with Crippen molar-refractivity contribution in [2.75, 3.05) is 4.90 Å². The third kappa shape index (κ3) is 6.21. The second-order valence-corrected chi connectivity index (χ2v) is 16.0. The SMILES string of the molecule is c1ccc(-c2ccccc2-c2ccccc2-c2ccccc2N(c2ccc(-c3ccc4c(c3)c3ccccc3n4-c3ccccc3)cc2)c2cccc3oc4ccccc4c23)cc1. The highest BCUT2D eigenvalue weighted by Gasteiger charge is 2.24. The zero-order valence-corrected chi connectivity index (χ0v) is 34.4. The molecule has 0 amide bonds. The van der Waals surface area contributed by atoms with Crippen molar-refractivity contribution in [3.05, 3.63) is 243 Å². The van der Waals surface area contributed by atoms with Crippen LogP contribution in [0.1, 0.15) is 0 Å². The van der Waals surface area contributed by atoms with Crippen molar-refractivity contribution in [3.63, 3.8) is 0 Å². The van der Waals surface area contributed by atoms with Crippen molar-refractivity contribution in [1.82, 2.24) is 4.57 Å². The van der Waals surface area contributed by atoms with Gasteiger partial charge in [0, 0.05) is 33.1 Å². The summed E-state index contributed by atoms with van der Waals surface area (Å²) >= 11 is 0. The van der Waals surface area contributed by atoms with E-state index in [0.29, 0.717) is 0 Å². The third-order valence-corrected chi connectivity index (χ3v) is 12.4. The number of aromatic nitrogens is 1. The second kappa shape index (κ2) is 15.3. The number of fused-ring (bicyclic) bond motifs is 6. The van der Waals surface area contributed by atoms with Crippen LogP contribution in [0.4, 0.5) is 17.1 Å². The number of nitrogens with zero attached hydrogens (tertiary/aromatic N) is 2. The normalized spacial score (nSPS) is 11.5. The van der Waals surface area contributed by atoms with E-state index in [1.165, 1.54) is 49.6 Å². The Bertz CT molecular complexity index is 3620. The van der Waals surface area contributed by atoms with Crippen LogP contribution in [0, 0.1) is 0 Å². The van der Waals surface area contributed by atoms with E-state index in [4.69, 9.17) is 4.42 Å². The van der Waals surface area contributed by atoms with Crippen molar-refractivity contribution in [1.29, 1.82) is 0 Å². The third-order valence-electron chi connectivity index (χ3n) is 12.4. The number of hydrogen-bond donors (Lipinski definition) is 0. The first kappa shape index (κ1) is 36.5. The summed E-state index contributed by atoms with van der Waals surface area (Å²) < 4.78 is 8.87. The van der Waals surface area contributed by atoms with Crippen molar-refractivity contribution in [2.45, 2.75) is 0 Å². The van der Waals surface area contributed by atoms with E-state index in [9.17, 15) is 0 Å². The smallest absolute Gasteiger partial charge is 0.137 e. The summed E-state index contributed by atoms with van der Waals surface area (Å²) in [5, 5.41) is 4.64. The summed E-state index contributed by atoms with van der Waals surface area (Å²) in [5.74, 6) is 0. The standard InChI is InChI=1S/C60H40N2O/c1-3-18-42(19-4-1)46-22-7-8-23-47(46)48-24-9-10-25-49(48)50-26-11-14-29-54(50)62(57-31-17-33-59-60(57)52-28-13-16-32-58(52)63-59)45-37-34-41(35-38-45)43-36-39-56-53(40-43)51-27-12-15-30-55(51)61(56)44-20-5-2-6-21-44/h1-40H. The molecule has 0 fully saturated rings. The molecule has 0 bridgehead atoms. The van der Waals surface area contributed by atoms with Crippen LogP contribution in [-0.4, -0.2) is 4.57 Å². The minimum Gasteiger partial charge on any atom is -0.456 e. The average molecular weight is 805 g/mol. The molecule has 0 unspecified atom stereocenters. The Morgan fingerprint density at radius 3 is 1.63 bits per heavy atom. The zero-order valence-electron chi connectivity index (χ0n) is 34.4. The quantitative estimate of drug-likeness (QED) is 0.153. The van der Waals surface area contributed by atoms with Crippen LogP contribution in [0.2, 0.25) is 0 Å². The summed E-state index contributed by atoms with van der Waals surface area (Å²) in [6.07, 6.45) is 0. The Morgan fingerprint density at radius 1 is 0.317 bits per heavy atom. The van der Waals surface area contributed by atoms with Gasteiger partial charge in [-0.25, -0.2) is 0 Å². The number of benzene rings is 10. The molecule has 2 aromatic heterocycles. The first-order chi connectivity index (χ1) is 31.3. The predicted molar refractivity (Wildman–Crippen MR) is 264 cm³/mol. The van der Waals surface area contributed by atoms with Gasteiger partial charge in [0.1, 0.15) is 11.2 Å². The van der Waals surface area contributed by atoms with Gasteiger partial charge in [-0.3, -0.25) is 0 Å². The molecule has 0 aliphatic heterocycles. The molecular weight excluding hydrogens is 765 g/mol. The summed E-state index contributed by atoms with van der Waals surface area (Å²) in [5.41, 5.74) is 17.8. The fourth-order valence-corrected chi connectivity index (χ4v) is 9.60. The molecule has 0 N–H and O–H groups in total. The Kier molecular flexibility index (Phi) is 8.83. The fraction of sp³-hybridized carbons (Fsp3) is 0. The second-order valence-electron chi connectivity index (χ2n) is 16.0. The van der Waals surface area contributed by atoms with Crippen LogP contribution in [-0.2, 0) is 0 Å². The van der Waals surface area contributed by atoms with Gasteiger partial charge in [-0.1, -0.05) is 176 Å². The number of anilines is 3. The van der Waals surface area contributed by atoms with Crippen LogP contribution in [0.3, 0.4) is 0 Å². The lowest BCUT2D eigenvalue weighted by Crippen LogP contribution is -2.11. The maximum atomic E-state index is 6.51. The Morgan fingerprint density at radius 2 is 0.857 bits per heavy atom. The van der Waals surface area contributed by atoms with Crippen LogP contribution in [0.25, 0.3) is 93.9 Å². The summed E-state index contributed by atoms with van der Waals surface area (Å²) in [6, 6.07) is 87.1. The van der Waals surface area contributed by atoms with Gasteiger partial charge in [-0.05, 0) is 106 Å². The van der Waals surface area contributed by atoms with Gasteiger partial charge in [0.2, 0.25) is 0 Å². The number of hydrogen-bond acceptors (Lipinski definition) is 2. The highest BCUT2D eigenvalue weighted by Crippen LogP contribution is 2.48. The van der Waals surface area contributed by atoms with Crippen LogP contribution >= 0.6 is 0 Å². The monoisotopic (exact) mass is 804 g/mol. The maximum Gasteiger partial charge on any atom is 0.137 e. The Hall–Kier alpha value is -8.40. The predicted octanol–water partition coefficient (Wildman–Crippen LogP) is 16.8. The molecule has 0 aliphatic carbocycles. The van der Waals surface area contributed by atoms with Crippen molar-refractivity contribution in [3.8, 4) is 50.2 Å². The molecule has 12 rings (SSSR count). The number of rotatable bonds is 8. The minimum absolute atomic E-state index is 0.855. The van der Waals surface area contributed by atoms with Gasteiger partial charge in [-0.2, -0.15) is 0 Å². The molecule has 63 heavy (non-hydrogen) atoms. The van der Waals surface area contributed by atoms with Gasteiger partial charge in [-0.15, -0.1) is 0 Å². The summed E-state index contributed by atoms with van der Waals surface area (Å²) in [6.45, 7) is 0. The molecule has 0 spiro atoms. The molecule has 0 radical (unpaired) electrons. The lowest BCUT2D eigenvalue weighted by molar-refractivity contribution is 0.669. The van der Waals surface area contributed by atoms with E-state index in [1.807, 2.05) is 6.07 Å². The molecule has 2 heterocycles. The highest BCUT2D eigenvalue weighted by molar-refractivity contribution is 6.14. The average Bonchev–Trinajstić information content (AvgIpc) is 3.91. The molecule has 0 saturated carbocycles. The number of para-hydroxylation sites is 4. The van der Waals surface area contributed by atoms with E-state index in [0.717, 1.165) is 61.4 Å². The maximum absolute atomic E-state index is 6.51. The molecule has 12 aromatic rings. The van der Waals surface area contributed by atoms with Gasteiger partial charge >= 0.3 is 0 Å². The molecule has 296 valence electrons. The summed E-state index contributed by atoms with van der Waals surface area (Å²) in [4.78, 5) is 2.42. The molecule has 3 nitrogen and oxygen atoms in total. The van der Waals surface area contributed by atoms with E-state index in [2.05, 4.69) is 246 Å². The van der Waals surface area contributed by atoms with Gasteiger partial charge in [0.15, 0.2) is 0 Å².